The van der Waals surface area contributed by atoms with Gasteiger partial charge in [-0.2, -0.15) is 0 Å². The quantitative estimate of drug-likeness (QED) is 0.604. The molecule has 0 saturated carbocycles. The lowest BCUT2D eigenvalue weighted by atomic mass is 10.2. The van der Waals surface area contributed by atoms with Gasteiger partial charge in [-0.15, -0.1) is 0 Å². The molecule has 3 aromatic rings. The van der Waals surface area contributed by atoms with Crippen molar-refractivity contribution in [3.05, 3.63) is 96.6 Å². The van der Waals surface area contributed by atoms with E-state index < -0.39 is 0 Å². The van der Waals surface area contributed by atoms with E-state index in [9.17, 15) is 0 Å². The maximum absolute atomic E-state index is 2.71. The average Bonchev–Trinajstić information content (AvgIpc) is 3.12. The highest BCUT2D eigenvalue weighted by Crippen LogP contribution is 2.46. The summed E-state index contributed by atoms with van der Waals surface area (Å²) in [6.07, 6.45) is 2.60. The van der Waals surface area contributed by atoms with E-state index in [2.05, 4.69) is 95.9 Å². The van der Waals surface area contributed by atoms with Crippen molar-refractivity contribution in [3.63, 3.8) is 0 Å². The zero-order chi connectivity index (χ0) is 16.9. The third-order valence-electron chi connectivity index (χ3n) is 4.92. The molecule has 0 radical (unpaired) electrons. The minimum absolute atomic E-state index is 0.362. The predicted molar refractivity (Wildman–Crippen MR) is 109 cm³/mol. The van der Waals surface area contributed by atoms with Gasteiger partial charge in [0.1, 0.15) is 0 Å². The van der Waals surface area contributed by atoms with E-state index in [-0.39, 0.29) is 7.92 Å². The second-order valence-corrected chi connectivity index (χ2v) is 8.99. The number of rotatable bonds is 5. The summed E-state index contributed by atoms with van der Waals surface area (Å²) in [5, 5.41) is 2.99. The Morgan fingerprint density at radius 3 is 1.80 bits per heavy atom. The molecule has 0 bridgehead atoms. The molecule has 0 N–H and O–H groups in total. The van der Waals surface area contributed by atoms with E-state index in [0.717, 1.165) is 6.54 Å². The molecule has 1 aliphatic rings. The van der Waals surface area contributed by atoms with Crippen LogP contribution < -0.4 is 10.6 Å². The molecule has 2 heteroatoms. The van der Waals surface area contributed by atoms with Crippen molar-refractivity contribution >= 4 is 18.5 Å². The van der Waals surface area contributed by atoms with E-state index in [1.54, 1.807) is 0 Å². The Labute approximate surface area is 152 Å². The van der Waals surface area contributed by atoms with E-state index in [4.69, 9.17) is 0 Å². The Hall–Kier alpha value is -1.95. The van der Waals surface area contributed by atoms with Gasteiger partial charge in [-0.05, 0) is 43.5 Å². The molecule has 0 aliphatic carbocycles. The molecule has 1 atom stereocenters. The Kier molecular flexibility index (Phi) is 5.25. The normalized spacial score (nSPS) is 17.9. The van der Waals surface area contributed by atoms with Crippen molar-refractivity contribution in [1.29, 1.82) is 0 Å². The minimum atomic E-state index is -0.362. The van der Waals surface area contributed by atoms with E-state index in [1.165, 1.54) is 35.6 Å². The number of benzene rings is 3. The van der Waals surface area contributed by atoms with E-state index >= 15 is 0 Å². The molecule has 1 saturated heterocycles. The fourth-order valence-corrected chi connectivity index (χ4v) is 6.71. The molecule has 3 aromatic carbocycles. The molecule has 1 fully saturated rings. The highest BCUT2D eigenvalue weighted by Gasteiger charge is 2.33. The van der Waals surface area contributed by atoms with Crippen molar-refractivity contribution in [2.75, 3.05) is 6.54 Å². The smallest absolute Gasteiger partial charge is 0.0382 e. The zero-order valence-electron chi connectivity index (χ0n) is 14.5. The maximum Gasteiger partial charge on any atom is 0.0382 e. The van der Waals surface area contributed by atoms with Crippen LogP contribution in [0.2, 0.25) is 0 Å². The lowest BCUT2D eigenvalue weighted by molar-refractivity contribution is 0.306. The summed E-state index contributed by atoms with van der Waals surface area (Å²) in [5.41, 5.74) is 1.42. The van der Waals surface area contributed by atoms with Gasteiger partial charge < -0.3 is 0 Å². The largest absolute Gasteiger partial charge is 0.292 e. The summed E-state index contributed by atoms with van der Waals surface area (Å²) >= 11 is 0. The highest BCUT2D eigenvalue weighted by molar-refractivity contribution is 7.73. The standard InChI is InChI=1S/C23H24NP/c1-4-11-20(12-5-1)19-24-18-10-17-23(24)25(21-13-6-2-7-14-21)22-15-8-3-9-16-22/h1-9,11-16,23H,10,17-19H2. The minimum Gasteiger partial charge on any atom is -0.292 e. The molecule has 1 heterocycles. The van der Waals surface area contributed by atoms with Crippen LogP contribution in [0.3, 0.4) is 0 Å². The van der Waals surface area contributed by atoms with Gasteiger partial charge in [-0.25, -0.2) is 0 Å². The van der Waals surface area contributed by atoms with Crippen LogP contribution in [0.4, 0.5) is 0 Å². The lowest BCUT2D eigenvalue weighted by Crippen LogP contribution is -2.33. The highest BCUT2D eigenvalue weighted by atomic mass is 31.1. The Morgan fingerprint density at radius 2 is 1.24 bits per heavy atom. The second-order valence-electron chi connectivity index (χ2n) is 6.62. The van der Waals surface area contributed by atoms with Gasteiger partial charge in [0.2, 0.25) is 0 Å². The fourth-order valence-electron chi connectivity index (χ4n) is 3.77. The van der Waals surface area contributed by atoms with Crippen molar-refractivity contribution in [3.8, 4) is 0 Å². The van der Waals surface area contributed by atoms with Gasteiger partial charge in [-0.1, -0.05) is 91.0 Å². The summed E-state index contributed by atoms with van der Waals surface area (Å²) in [5.74, 6) is 0.625. The van der Waals surface area contributed by atoms with Gasteiger partial charge >= 0.3 is 0 Å². The monoisotopic (exact) mass is 345 g/mol. The van der Waals surface area contributed by atoms with Crippen LogP contribution in [0, 0.1) is 0 Å². The second kappa shape index (κ2) is 7.95. The first-order chi connectivity index (χ1) is 12.4. The predicted octanol–water partition coefficient (Wildman–Crippen LogP) is 4.74. The average molecular weight is 345 g/mol. The summed E-state index contributed by atoms with van der Waals surface area (Å²) < 4.78 is 0. The van der Waals surface area contributed by atoms with Gasteiger partial charge in [-0.3, -0.25) is 4.90 Å². The molecule has 4 rings (SSSR count). The molecule has 0 amide bonds. The first kappa shape index (κ1) is 16.5. The Morgan fingerprint density at radius 1 is 0.720 bits per heavy atom. The van der Waals surface area contributed by atoms with Crippen molar-refractivity contribution in [1.82, 2.24) is 4.90 Å². The fraction of sp³-hybridized carbons (Fsp3) is 0.217. The zero-order valence-corrected chi connectivity index (χ0v) is 15.4. The van der Waals surface area contributed by atoms with E-state index in [0.29, 0.717) is 5.78 Å². The van der Waals surface area contributed by atoms with Gasteiger partial charge in [0.15, 0.2) is 0 Å². The molecule has 0 spiro atoms. The number of hydrogen-bond acceptors (Lipinski definition) is 1. The number of hydrogen-bond donors (Lipinski definition) is 0. The van der Waals surface area contributed by atoms with Crippen LogP contribution in [0.5, 0.6) is 0 Å². The third-order valence-corrected chi connectivity index (χ3v) is 7.81. The van der Waals surface area contributed by atoms with Crippen LogP contribution in [-0.4, -0.2) is 17.2 Å². The molecule has 0 aromatic heterocycles. The number of nitrogens with zero attached hydrogens (tertiary/aromatic N) is 1. The Bertz CT molecular complexity index is 733. The molecule has 1 unspecified atom stereocenters. The third kappa shape index (κ3) is 3.84. The molecular weight excluding hydrogens is 321 g/mol. The maximum atomic E-state index is 2.71. The Balaban J connectivity index is 1.66. The molecular formula is C23H24NP. The number of likely N-dealkylation sites (tertiary alicyclic amines) is 1. The summed E-state index contributed by atoms with van der Waals surface area (Å²) in [6, 6.07) is 33.2. The molecule has 25 heavy (non-hydrogen) atoms. The molecule has 1 aliphatic heterocycles. The van der Waals surface area contributed by atoms with Crippen LogP contribution in [0.1, 0.15) is 18.4 Å². The van der Waals surface area contributed by atoms with Gasteiger partial charge in [0.05, 0.1) is 0 Å². The van der Waals surface area contributed by atoms with Crippen molar-refractivity contribution in [2.24, 2.45) is 0 Å². The lowest BCUT2D eigenvalue weighted by Gasteiger charge is -2.33. The van der Waals surface area contributed by atoms with Crippen LogP contribution in [0.25, 0.3) is 0 Å². The topological polar surface area (TPSA) is 3.24 Å². The molecule has 1 nitrogen and oxygen atoms in total. The van der Waals surface area contributed by atoms with Gasteiger partial charge in [0.25, 0.3) is 0 Å². The van der Waals surface area contributed by atoms with Gasteiger partial charge in [0, 0.05) is 12.3 Å². The van der Waals surface area contributed by atoms with Crippen molar-refractivity contribution < 1.29 is 0 Å². The summed E-state index contributed by atoms with van der Waals surface area (Å²) in [6.45, 7) is 2.27. The van der Waals surface area contributed by atoms with Crippen LogP contribution in [-0.2, 0) is 6.54 Å². The van der Waals surface area contributed by atoms with Crippen LogP contribution >= 0.6 is 7.92 Å². The summed E-state index contributed by atoms with van der Waals surface area (Å²) in [4.78, 5) is 2.71. The summed E-state index contributed by atoms with van der Waals surface area (Å²) in [7, 11) is -0.362. The first-order valence-corrected chi connectivity index (χ1v) is 10.5. The first-order valence-electron chi connectivity index (χ1n) is 9.09. The van der Waals surface area contributed by atoms with Crippen molar-refractivity contribution in [2.45, 2.75) is 25.2 Å². The SMILES string of the molecule is c1ccc(CN2CCCC2P(c2ccccc2)c2ccccc2)cc1. The van der Waals surface area contributed by atoms with Crippen LogP contribution in [0.15, 0.2) is 91.0 Å². The molecule has 126 valence electrons. The van der Waals surface area contributed by atoms with E-state index in [1.807, 2.05) is 0 Å².